The molecule has 106 valence electrons. The van der Waals surface area contributed by atoms with Crippen LogP contribution in [0.2, 0.25) is 0 Å². The van der Waals surface area contributed by atoms with Crippen molar-refractivity contribution < 1.29 is 18.7 Å². The van der Waals surface area contributed by atoms with Crippen molar-refractivity contribution in [3.05, 3.63) is 46.2 Å². The maximum atomic E-state index is 13.9. The monoisotopic (exact) mass is 340 g/mol. The molecule has 1 aromatic carbocycles. The number of hydrogen-bond acceptors (Lipinski definition) is 3. The van der Waals surface area contributed by atoms with Gasteiger partial charge in [0.15, 0.2) is 5.78 Å². The molecule has 0 fully saturated rings. The average molecular weight is 341 g/mol. The number of allylic oxidation sites excluding steroid dienone is 2. The standard InChI is InChI=1S/C15H14BrFO3/c1-20-15(19)11-5-3-2-4-10(11)14(18)12-7-6-9(16)8-13(12)17/h2-3,6-8,10-11H,4-5H2,1H3. The van der Waals surface area contributed by atoms with Gasteiger partial charge in [-0.3, -0.25) is 9.59 Å². The van der Waals surface area contributed by atoms with Gasteiger partial charge in [-0.25, -0.2) is 4.39 Å². The molecular formula is C15H14BrFO3. The molecule has 0 N–H and O–H groups in total. The van der Waals surface area contributed by atoms with E-state index in [1.54, 1.807) is 6.07 Å². The van der Waals surface area contributed by atoms with Crippen LogP contribution in [0.1, 0.15) is 23.2 Å². The van der Waals surface area contributed by atoms with E-state index in [1.165, 1.54) is 19.2 Å². The highest BCUT2D eigenvalue weighted by Gasteiger charge is 2.36. The summed E-state index contributed by atoms with van der Waals surface area (Å²) >= 11 is 3.15. The lowest BCUT2D eigenvalue weighted by Gasteiger charge is -2.25. The first-order valence-corrected chi connectivity index (χ1v) is 7.06. The van der Waals surface area contributed by atoms with Gasteiger partial charge in [-0.05, 0) is 31.0 Å². The molecule has 0 aromatic heterocycles. The summed E-state index contributed by atoms with van der Waals surface area (Å²) in [5.41, 5.74) is 0.0161. The second-order valence-corrected chi connectivity index (χ2v) is 5.58. The zero-order chi connectivity index (χ0) is 14.7. The highest BCUT2D eigenvalue weighted by molar-refractivity contribution is 9.10. The van der Waals surface area contributed by atoms with E-state index in [9.17, 15) is 14.0 Å². The summed E-state index contributed by atoms with van der Waals surface area (Å²) in [5.74, 6) is -2.47. The molecule has 0 spiro atoms. The van der Waals surface area contributed by atoms with Crippen molar-refractivity contribution in [3.63, 3.8) is 0 Å². The van der Waals surface area contributed by atoms with Crippen molar-refractivity contribution in [1.82, 2.24) is 0 Å². The molecule has 0 radical (unpaired) electrons. The minimum absolute atomic E-state index is 0.0161. The molecule has 0 amide bonds. The number of benzene rings is 1. The number of Topliss-reactive ketones (excluding diaryl/α,β-unsaturated/α-hetero) is 1. The first kappa shape index (κ1) is 14.9. The Hall–Kier alpha value is -1.49. The van der Waals surface area contributed by atoms with Gasteiger partial charge in [0.1, 0.15) is 5.82 Å². The topological polar surface area (TPSA) is 43.4 Å². The van der Waals surface area contributed by atoms with Gasteiger partial charge >= 0.3 is 5.97 Å². The Bertz CT molecular complexity index is 568. The molecular weight excluding hydrogens is 327 g/mol. The van der Waals surface area contributed by atoms with Crippen LogP contribution in [0.15, 0.2) is 34.8 Å². The number of methoxy groups -OCH3 is 1. The molecule has 5 heteroatoms. The van der Waals surface area contributed by atoms with E-state index in [0.717, 1.165) is 0 Å². The number of ether oxygens (including phenoxy) is 1. The zero-order valence-corrected chi connectivity index (χ0v) is 12.5. The van der Waals surface area contributed by atoms with Crippen LogP contribution in [0.3, 0.4) is 0 Å². The minimum Gasteiger partial charge on any atom is -0.469 e. The number of carbonyl (C=O) groups is 2. The fourth-order valence-electron chi connectivity index (χ4n) is 2.40. The maximum absolute atomic E-state index is 13.9. The number of hydrogen-bond donors (Lipinski definition) is 0. The third-order valence-electron chi connectivity index (χ3n) is 3.47. The van der Waals surface area contributed by atoms with Gasteiger partial charge in [0.25, 0.3) is 0 Å². The normalized spacial score (nSPS) is 21.6. The summed E-state index contributed by atoms with van der Waals surface area (Å²) in [6.07, 6.45) is 4.57. The Balaban J connectivity index is 2.30. The van der Waals surface area contributed by atoms with Crippen molar-refractivity contribution in [2.24, 2.45) is 11.8 Å². The lowest BCUT2D eigenvalue weighted by atomic mass is 9.78. The summed E-state index contributed by atoms with van der Waals surface area (Å²) in [6.45, 7) is 0. The van der Waals surface area contributed by atoms with Crippen LogP contribution in [0, 0.1) is 17.7 Å². The molecule has 1 aromatic rings. The quantitative estimate of drug-likeness (QED) is 0.480. The summed E-state index contributed by atoms with van der Waals surface area (Å²) < 4.78 is 19.2. The van der Waals surface area contributed by atoms with Crippen molar-refractivity contribution in [1.29, 1.82) is 0 Å². The van der Waals surface area contributed by atoms with E-state index >= 15 is 0 Å². The van der Waals surface area contributed by atoms with E-state index in [1.807, 2.05) is 12.2 Å². The van der Waals surface area contributed by atoms with Gasteiger partial charge in [0.2, 0.25) is 0 Å². The first-order valence-electron chi connectivity index (χ1n) is 6.26. The predicted octanol–water partition coefficient (Wildman–Crippen LogP) is 3.53. The van der Waals surface area contributed by atoms with Gasteiger partial charge < -0.3 is 4.74 Å². The Morgan fingerprint density at radius 1 is 1.25 bits per heavy atom. The van der Waals surface area contributed by atoms with E-state index in [0.29, 0.717) is 17.3 Å². The molecule has 20 heavy (non-hydrogen) atoms. The van der Waals surface area contributed by atoms with E-state index < -0.39 is 23.6 Å². The Morgan fingerprint density at radius 2 is 1.90 bits per heavy atom. The van der Waals surface area contributed by atoms with Gasteiger partial charge in [0.05, 0.1) is 18.6 Å². The molecule has 0 heterocycles. The molecule has 0 aliphatic heterocycles. The smallest absolute Gasteiger partial charge is 0.309 e. The lowest BCUT2D eigenvalue weighted by molar-refractivity contribution is -0.146. The van der Waals surface area contributed by atoms with Gasteiger partial charge in [-0.1, -0.05) is 28.1 Å². The van der Waals surface area contributed by atoms with Crippen LogP contribution >= 0.6 is 15.9 Å². The number of rotatable bonds is 3. The second kappa shape index (κ2) is 6.31. The summed E-state index contributed by atoms with van der Waals surface area (Å²) in [5, 5.41) is 0. The largest absolute Gasteiger partial charge is 0.469 e. The summed E-state index contributed by atoms with van der Waals surface area (Å²) in [7, 11) is 1.29. The Kier molecular flexibility index (Phi) is 4.70. The molecule has 1 aliphatic rings. The third-order valence-corrected chi connectivity index (χ3v) is 3.96. The fraction of sp³-hybridized carbons (Fsp3) is 0.333. The van der Waals surface area contributed by atoms with Gasteiger partial charge in [-0.2, -0.15) is 0 Å². The van der Waals surface area contributed by atoms with E-state index in [4.69, 9.17) is 4.74 Å². The van der Waals surface area contributed by atoms with Crippen LogP contribution < -0.4 is 0 Å². The molecule has 3 nitrogen and oxygen atoms in total. The third kappa shape index (κ3) is 2.98. The molecule has 0 saturated carbocycles. The number of ketones is 1. The Morgan fingerprint density at radius 3 is 2.50 bits per heavy atom. The average Bonchev–Trinajstić information content (AvgIpc) is 2.46. The Labute approximate surface area is 124 Å². The van der Waals surface area contributed by atoms with Gasteiger partial charge in [-0.15, -0.1) is 0 Å². The lowest BCUT2D eigenvalue weighted by Crippen LogP contribution is -2.32. The van der Waals surface area contributed by atoms with Crippen LogP contribution in [0.25, 0.3) is 0 Å². The van der Waals surface area contributed by atoms with E-state index in [2.05, 4.69) is 15.9 Å². The van der Waals surface area contributed by atoms with Crippen molar-refractivity contribution in [2.45, 2.75) is 12.8 Å². The highest BCUT2D eigenvalue weighted by atomic mass is 79.9. The first-order chi connectivity index (χ1) is 9.54. The predicted molar refractivity (Wildman–Crippen MR) is 75.8 cm³/mol. The summed E-state index contributed by atoms with van der Waals surface area (Å²) in [6, 6.07) is 4.30. The minimum atomic E-state index is -0.581. The molecule has 2 atom stereocenters. The van der Waals surface area contributed by atoms with Crippen molar-refractivity contribution in [3.8, 4) is 0 Å². The second-order valence-electron chi connectivity index (χ2n) is 4.67. The zero-order valence-electron chi connectivity index (χ0n) is 10.9. The fourth-order valence-corrected chi connectivity index (χ4v) is 2.74. The van der Waals surface area contributed by atoms with Crippen LogP contribution in [0.4, 0.5) is 4.39 Å². The van der Waals surface area contributed by atoms with Crippen molar-refractivity contribution in [2.75, 3.05) is 7.11 Å². The number of halogens is 2. The molecule has 2 unspecified atom stereocenters. The highest BCUT2D eigenvalue weighted by Crippen LogP contribution is 2.31. The SMILES string of the molecule is COC(=O)C1CC=CCC1C(=O)c1ccc(Br)cc1F. The molecule has 1 aliphatic carbocycles. The molecule has 2 rings (SSSR count). The van der Waals surface area contributed by atoms with Gasteiger partial charge in [0, 0.05) is 10.4 Å². The molecule has 0 saturated heterocycles. The van der Waals surface area contributed by atoms with E-state index in [-0.39, 0.29) is 11.3 Å². The van der Waals surface area contributed by atoms with Crippen LogP contribution in [-0.4, -0.2) is 18.9 Å². The number of carbonyl (C=O) groups excluding carboxylic acids is 2. The number of esters is 1. The maximum Gasteiger partial charge on any atom is 0.309 e. The van der Waals surface area contributed by atoms with Crippen LogP contribution in [-0.2, 0) is 9.53 Å². The van der Waals surface area contributed by atoms with Crippen molar-refractivity contribution >= 4 is 27.7 Å². The van der Waals surface area contributed by atoms with Crippen LogP contribution in [0.5, 0.6) is 0 Å². The molecule has 0 bridgehead atoms. The summed E-state index contributed by atoms with van der Waals surface area (Å²) in [4.78, 5) is 24.2.